The molecule has 0 bridgehead atoms. The van der Waals surface area contributed by atoms with Crippen LogP contribution >= 0.6 is 0 Å². The summed E-state index contributed by atoms with van der Waals surface area (Å²) in [5, 5.41) is 0. The number of halogens is 1. The molecule has 0 amide bonds. The third kappa shape index (κ3) is 1.73. The van der Waals surface area contributed by atoms with Gasteiger partial charge in [-0.2, -0.15) is 0 Å². The smallest absolute Gasteiger partial charge is 0.231 e. The number of ether oxygens (including phenoxy) is 2. The number of fused-ring (bicyclic) bond motifs is 1. The predicted octanol–water partition coefficient (Wildman–Crippen LogP) is 1.98. The molecule has 1 saturated carbocycles. The molecular formula is C12H14FNO2. The summed E-state index contributed by atoms with van der Waals surface area (Å²) in [6.07, 6.45) is 3.61. The van der Waals surface area contributed by atoms with Gasteiger partial charge in [0.15, 0.2) is 11.5 Å². The third-order valence-electron chi connectivity index (χ3n) is 3.33. The molecule has 3 nitrogen and oxygen atoms in total. The molecule has 0 aromatic heterocycles. The predicted molar refractivity (Wildman–Crippen MR) is 57.0 cm³/mol. The minimum absolute atomic E-state index is 0.0389. The van der Waals surface area contributed by atoms with Crippen molar-refractivity contribution in [3.63, 3.8) is 0 Å². The van der Waals surface area contributed by atoms with Crippen molar-refractivity contribution < 1.29 is 13.9 Å². The van der Waals surface area contributed by atoms with Gasteiger partial charge < -0.3 is 15.2 Å². The van der Waals surface area contributed by atoms with Crippen LogP contribution in [0.5, 0.6) is 11.5 Å². The standard InChI is InChI=1S/C12H14FNO2/c13-9-6-11-10(15-7-16-11)5-8(9)1-2-12(14)3-4-12/h5-6H,1-4,7,14H2. The summed E-state index contributed by atoms with van der Waals surface area (Å²) in [5.74, 6) is 0.905. The topological polar surface area (TPSA) is 44.5 Å². The van der Waals surface area contributed by atoms with Crippen LogP contribution in [0, 0.1) is 5.82 Å². The van der Waals surface area contributed by atoms with Crippen LogP contribution in [0.4, 0.5) is 4.39 Å². The lowest BCUT2D eigenvalue weighted by molar-refractivity contribution is 0.174. The number of hydrogen-bond donors (Lipinski definition) is 1. The van der Waals surface area contributed by atoms with Gasteiger partial charge in [-0.1, -0.05) is 0 Å². The average molecular weight is 223 g/mol. The van der Waals surface area contributed by atoms with E-state index in [4.69, 9.17) is 15.2 Å². The summed E-state index contributed by atoms with van der Waals surface area (Å²) in [4.78, 5) is 0. The van der Waals surface area contributed by atoms with Gasteiger partial charge in [0.2, 0.25) is 6.79 Å². The second-order valence-electron chi connectivity index (χ2n) is 4.66. The van der Waals surface area contributed by atoms with Crippen LogP contribution in [0.3, 0.4) is 0 Å². The van der Waals surface area contributed by atoms with Crippen molar-refractivity contribution in [3.8, 4) is 11.5 Å². The molecule has 0 radical (unpaired) electrons. The van der Waals surface area contributed by atoms with Gasteiger partial charge in [0.25, 0.3) is 0 Å². The summed E-state index contributed by atoms with van der Waals surface area (Å²) >= 11 is 0. The zero-order valence-corrected chi connectivity index (χ0v) is 8.96. The van der Waals surface area contributed by atoms with E-state index in [0.717, 1.165) is 19.3 Å². The molecule has 3 rings (SSSR count). The minimum atomic E-state index is -0.228. The van der Waals surface area contributed by atoms with Crippen molar-refractivity contribution in [1.29, 1.82) is 0 Å². The SMILES string of the molecule is NC1(CCc2cc3c(cc2F)OCO3)CC1. The molecule has 1 aromatic rings. The van der Waals surface area contributed by atoms with E-state index in [0.29, 0.717) is 23.5 Å². The highest BCUT2D eigenvalue weighted by Gasteiger charge is 2.37. The number of hydrogen-bond acceptors (Lipinski definition) is 3. The molecule has 4 heteroatoms. The normalized spacial score (nSPS) is 19.9. The molecule has 1 heterocycles. The van der Waals surface area contributed by atoms with E-state index in [2.05, 4.69) is 0 Å². The van der Waals surface area contributed by atoms with E-state index >= 15 is 0 Å². The van der Waals surface area contributed by atoms with E-state index < -0.39 is 0 Å². The van der Waals surface area contributed by atoms with Crippen LogP contribution in [0.15, 0.2) is 12.1 Å². The zero-order chi connectivity index (χ0) is 11.2. The van der Waals surface area contributed by atoms with Crippen LogP contribution in [-0.4, -0.2) is 12.3 Å². The fourth-order valence-electron chi connectivity index (χ4n) is 1.95. The van der Waals surface area contributed by atoms with Crippen LogP contribution in [0.25, 0.3) is 0 Å². The second kappa shape index (κ2) is 3.35. The van der Waals surface area contributed by atoms with Gasteiger partial charge in [-0.05, 0) is 37.3 Å². The lowest BCUT2D eigenvalue weighted by atomic mass is 10.0. The lowest BCUT2D eigenvalue weighted by Gasteiger charge is -2.09. The fraction of sp³-hybridized carbons (Fsp3) is 0.500. The molecule has 2 aliphatic rings. The number of aryl methyl sites for hydroxylation is 1. The third-order valence-corrected chi connectivity index (χ3v) is 3.33. The lowest BCUT2D eigenvalue weighted by Crippen LogP contribution is -2.22. The molecule has 1 fully saturated rings. The summed E-state index contributed by atoms with van der Waals surface area (Å²) < 4.78 is 24.0. The van der Waals surface area contributed by atoms with Crippen LogP contribution in [0.2, 0.25) is 0 Å². The maximum atomic E-state index is 13.7. The molecule has 1 aliphatic carbocycles. The number of benzene rings is 1. The molecule has 0 atom stereocenters. The molecule has 86 valence electrons. The molecule has 0 saturated heterocycles. The average Bonchev–Trinajstić information content (AvgIpc) is 2.82. The van der Waals surface area contributed by atoms with Crippen molar-refractivity contribution in [2.75, 3.05) is 6.79 Å². The molecule has 16 heavy (non-hydrogen) atoms. The molecule has 0 spiro atoms. The van der Waals surface area contributed by atoms with Crippen molar-refractivity contribution in [2.45, 2.75) is 31.2 Å². The number of nitrogens with two attached hydrogens (primary N) is 1. The Kier molecular flexibility index (Phi) is 2.07. The van der Waals surface area contributed by atoms with Gasteiger partial charge in [-0.15, -0.1) is 0 Å². The Balaban J connectivity index is 1.78. The number of rotatable bonds is 3. The van der Waals surface area contributed by atoms with E-state index in [9.17, 15) is 4.39 Å². The summed E-state index contributed by atoms with van der Waals surface area (Å²) in [6.45, 7) is 0.180. The quantitative estimate of drug-likeness (QED) is 0.852. The molecule has 2 N–H and O–H groups in total. The van der Waals surface area contributed by atoms with Crippen molar-refractivity contribution in [2.24, 2.45) is 5.73 Å². The first-order chi connectivity index (χ1) is 7.66. The minimum Gasteiger partial charge on any atom is -0.454 e. The van der Waals surface area contributed by atoms with Crippen LogP contribution < -0.4 is 15.2 Å². The maximum absolute atomic E-state index is 13.7. The second-order valence-corrected chi connectivity index (χ2v) is 4.66. The fourth-order valence-corrected chi connectivity index (χ4v) is 1.95. The maximum Gasteiger partial charge on any atom is 0.231 e. The van der Waals surface area contributed by atoms with Crippen LogP contribution in [0.1, 0.15) is 24.8 Å². The van der Waals surface area contributed by atoms with Crippen molar-refractivity contribution >= 4 is 0 Å². The monoisotopic (exact) mass is 223 g/mol. The summed E-state index contributed by atoms with van der Waals surface area (Å²) in [6, 6.07) is 3.12. The Morgan fingerprint density at radius 1 is 1.25 bits per heavy atom. The zero-order valence-electron chi connectivity index (χ0n) is 8.96. The van der Waals surface area contributed by atoms with Gasteiger partial charge in [0.1, 0.15) is 5.82 Å². The van der Waals surface area contributed by atoms with Gasteiger partial charge >= 0.3 is 0 Å². The molecular weight excluding hydrogens is 209 g/mol. The Hall–Kier alpha value is -1.29. The van der Waals surface area contributed by atoms with Crippen molar-refractivity contribution in [3.05, 3.63) is 23.5 Å². The first kappa shape index (κ1) is 9.90. The highest BCUT2D eigenvalue weighted by atomic mass is 19.1. The van der Waals surface area contributed by atoms with E-state index in [1.54, 1.807) is 6.07 Å². The Labute approximate surface area is 93.3 Å². The Morgan fingerprint density at radius 3 is 2.62 bits per heavy atom. The van der Waals surface area contributed by atoms with Gasteiger partial charge in [0.05, 0.1) is 0 Å². The van der Waals surface area contributed by atoms with Gasteiger partial charge in [-0.3, -0.25) is 0 Å². The summed E-state index contributed by atoms with van der Waals surface area (Å²) in [7, 11) is 0. The van der Waals surface area contributed by atoms with Gasteiger partial charge in [-0.25, -0.2) is 4.39 Å². The Bertz CT molecular complexity index is 429. The highest BCUT2D eigenvalue weighted by Crippen LogP contribution is 2.39. The highest BCUT2D eigenvalue weighted by molar-refractivity contribution is 5.45. The van der Waals surface area contributed by atoms with Crippen LogP contribution in [-0.2, 0) is 6.42 Å². The van der Waals surface area contributed by atoms with E-state index in [1.165, 1.54) is 6.07 Å². The molecule has 1 aliphatic heterocycles. The van der Waals surface area contributed by atoms with E-state index in [-0.39, 0.29) is 18.1 Å². The molecule has 0 unspecified atom stereocenters. The first-order valence-corrected chi connectivity index (χ1v) is 5.53. The van der Waals surface area contributed by atoms with Crippen molar-refractivity contribution in [1.82, 2.24) is 0 Å². The summed E-state index contributed by atoms with van der Waals surface area (Å²) in [5.41, 5.74) is 6.61. The Morgan fingerprint density at radius 2 is 1.94 bits per heavy atom. The molecule has 1 aromatic carbocycles. The largest absolute Gasteiger partial charge is 0.454 e. The first-order valence-electron chi connectivity index (χ1n) is 5.53. The van der Waals surface area contributed by atoms with E-state index in [1.807, 2.05) is 0 Å². The van der Waals surface area contributed by atoms with Gasteiger partial charge in [0, 0.05) is 11.6 Å².